The topological polar surface area (TPSA) is 93.0 Å². The van der Waals surface area contributed by atoms with Gasteiger partial charge >= 0.3 is 0 Å². The smallest absolute Gasteiger partial charge is 0.187 e. The zero-order chi connectivity index (χ0) is 18.2. The molecule has 3 saturated carbocycles. The Labute approximate surface area is 147 Å². The first-order valence-electron chi connectivity index (χ1n) is 9.22. The fraction of sp³-hybridized carbons (Fsp3) is 0.789. The van der Waals surface area contributed by atoms with Crippen LogP contribution in [-0.4, -0.2) is 35.2 Å². The van der Waals surface area contributed by atoms with Crippen LogP contribution in [0.3, 0.4) is 0 Å². The summed E-state index contributed by atoms with van der Waals surface area (Å²) >= 11 is 0. The standard InChI is InChI=1S/C19H26N2O4/c1-18(2)8-12(22)16(13(23)9-18)20-21-17-14(24)10-19(11-15(17)25)6-4-3-5-7-19/h16-17H,3-11H2,1-2H3. The van der Waals surface area contributed by atoms with Crippen molar-refractivity contribution >= 4 is 23.1 Å². The number of carbonyl (C=O) groups is 4. The number of azo groups is 1. The lowest BCUT2D eigenvalue weighted by Gasteiger charge is -2.40. The predicted molar refractivity (Wildman–Crippen MR) is 90.2 cm³/mol. The van der Waals surface area contributed by atoms with Gasteiger partial charge in [-0.25, -0.2) is 0 Å². The van der Waals surface area contributed by atoms with Gasteiger partial charge in [0.1, 0.15) is 0 Å². The summed E-state index contributed by atoms with van der Waals surface area (Å²) in [4.78, 5) is 49.3. The second-order valence-electron chi connectivity index (χ2n) is 8.83. The Kier molecular flexibility index (Phi) is 4.73. The molecular weight excluding hydrogens is 320 g/mol. The molecule has 3 rings (SSSR count). The second-order valence-corrected chi connectivity index (χ2v) is 8.83. The molecular formula is C19H26N2O4. The fourth-order valence-electron chi connectivity index (χ4n) is 4.60. The molecule has 0 unspecified atom stereocenters. The van der Waals surface area contributed by atoms with Gasteiger partial charge in [-0.15, -0.1) is 0 Å². The highest BCUT2D eigenvalue weighted by molar-refractivity contribution is 6.10. The van der Waals surface area contributed by atoms with Gasteiger partial charge in [-0.1, -0.05) is 33.1 Å². The van der Waals surface area contributed by atoms with Gasteiger partial charge in [-0.05, 0) is 23.7 Å². The van der Waals surface area contributed by atoms with Crippen LogP contribution in [0.2, 0.25) is 0 Å². The van der Waals surface area contributed by atoms with Crippen molar-refractivity contribution in [1.29, 1.82) is 0 Å². The summed E-state index contributed by atoms with van der Waals surface area (Å²) in [7, 11) is 0. The number of carbonyl (C=O) groups excluding carboxylic acids is 4. The minimum Gasteiger partial charge on any atom is -0.297 e. The van der Waals surface area contributed by atoms with Gasteiger partial charge in [0.2, 0.25) is 0 Å². The summed E-state index contributed by atoms with van der Waals surface area (Å²) in [6, 6.07) is -2.26. The highest BCUT2D eigenvalue weighted by Gasteiger charge is 2.46. The summed E-state index contributed by atoms with van der Waals surface area (Å²) < 4.78 is 0. The second kappa shape index (κ2) is 6.54. The van der Waals surface area contributed by atoms with Gasteiger partial charge < -0.3 is 0 Å². The van der Waals surface area contributed by atoms with Gasteiger partial charge in [0.15, 0.2) is 35.2 Å². The van der Waals surface area contributed by atoms with Crippen molar-refractivity contribution in [1.82, 2.24) is 0 Å². The summed E-state index contributed by atoms with van der Waals surface area (Å²) in [6.45, 7) is 3.74. The minimum atomic E-state index is -1.14. The maximum Gasteiger partial charge on any atom is 0.187 e. The van der Waals surface area contributed by atoms with Crippen LogP contribution in [0, 0.1) is 10.8 Å². The summed E-state index contributed by atoms with van der Waals surface area (Å²) in [6.07, 6.45) is 6.38. The molecule has 0 atom stereocenters. The van der Waals surface area contributed by atoms with E-state index in [0.29, 0.717) is 12.8 Å². The van der Waals surface area contributed by atoms with E-state index >= 15 is 0 Å². The normalized spacial score (nSPS) is 30.4. The molecule has 0 N–H and O–H groups in total. The average Bonchev–Trinajstić information content (AvgIpc) is 2.48. The molecule has 3 aliphatic rings. The van der Waals surface area contributed by atoms with Crippen molar-refractivity contribution in [3.63, 3.8) is 0 Å². The van der Waals surface area contributed by atoms with Gasteiger partial charge in [0, 0.05) is 25.7 Å². The van der Waals surface area contributed by atoms with Crippen molar-refractivity contribution in [2.45, 2.75) is 83.7 Å². The van der Waals surface area contributed by atoms with E-state index in [4.69, 9.17) is 0 Å². The SMILES string of the molecule is CC1(C)CC(=O)C(N=NC2C(=O)CC3(CCCCC3)CC2=O)C(=O)C1. The summed E-state index contributed by atoms with van der Waals surface area (Å²) in [5, 5.41) is 7.73. The molecule has 1 spiro atoms. The monoisotopic (exact) mass is 346 g/mol. The number of nitrogens with zero attached hydrogens (tertiary/aromatic N) is 2. The van der Waals surface area contributed by atoms with Crippen LogP contribution in [0.1, 0.15) is 71.6 Å². The highest BCUT2D eigenvalue weighted by atomic mass is 16.2. The van der Waals surface area contributed by atoms with Crippen molar-refractivity contribution < 1.29 is 19.2 Å². The lowest BCUT2D eigenvalue weighted by atomic mass is 9.64. The van der Waals surface area contributed by atoms with E-state index < -0.39 is 12.1 Å². The highest BCUT2D eigenvalue weighted by Crippen LogP contribution is 2.45. The third kappa shape index (κ3) is 3.77. The van der Waals surface area contributed by atoms with Crippen LogP contribution >= 0.6 is 0 Å². The van der Waals surface area contributed by atoms with E-state index in [1.54, 1.807) is 0 Å². The van der Waals surface area contributed by atoms with E-state index in [0.717, 1.165) is 32.1 Å². The first kappa shape index (κ1) is 18.1. The molecule has 25 heavy (non-hydrogen) atoms. The van der Waals surface area contributed by atoms with Crippen molar-refractivity contribution in [2.75, 3.05) is 0 Å². The molecule has 3 fully saturated rings. The van der Waals surface area contributed by atoms with Crippen LogP contribution in [-0.2, 0) is 19.2 Å². The van der Waals surface area contributed by atoms with E-state index in [2.05, 4.69) is 10.2 Å². The molecule has 0 aromatic heterocycles. The molecule has 0 heterocycles. The van der Waals surface area contributed by atoms with Crippen LogP contribution in [0.15, 0.2) is 10.2 Å². The van der Waals surface area contributed by atoms with Gasteiger partial charge in [-0.3, -0.25) is 19.2 Å². The van der Waals surface area contributed by atoms with Crippen LogP contribution < -0.4 is 0 Å². The quantitative estimate of drug-likeness (QED) is 0.567. The molecule has 3 aliphatic carbocycles. The van der Waals surface area contributed by atoms with E-state index in [-0.39, 0.29) is 46.8 Å². The lowest BCUT2D eigenvalue weighted by molar-refractivity contribution is -0.139. The first-order valence-corrected chi connectivity index (χ1v) is 9.22. The number of hydrogen-bond donors (Lipinski definition) is 0. The molecule has 6 nitrogen and oxygen atoms in total. The van der Waals surface area contributed by atoms with Crippen LogP contribution in [0.4, 0.5) is 0 Å². The van der Waals surface area contributed by atoms with Crippen molar-refractivity contribution in [3.8, 4) is 0 Å². The van der Waals surface area contributed by atoms with Gasteiger partial charge in [-0.2, -0.15) is 10.2 Å². The Morgan fingerprint density at radius 1 is 0.680 bits per heavy atom. The first-order chi connectivity index (χ1) is 11.7. The number of hydrogen-bond acceptors (Lipinski definition) is 6. The summed E-state index contributed by atoms with van der Waals surface area (Å²) in [5.74, 6) is -0.968. The third-order valence-electron chi connectivity index (χ3n) is 5.84. The van der Waals surface area contributed by atoms with E-state index in [9.17, 15) is 19.2 Å². The Balaban J connectivity index is 1.70. The number of rotatable bonds is 2. The van der Waals surface area contributed by atoms with Crippen molar-refractivity contribution in [3.05, 3.63) is 0 Å². The molecule has 0 amide bonds. The molecule has 0 aliphatic heterocycles. The molecule has 0 bridgehead atoms. The Morgan fingerprint density at radius 3 is 1.52 bits per heavy atom. The van der Waals surface area contributed by atoms with Gasteiger partial charge in [0.25, 0.3) is 0 Å². The van der Waals surface area contributed by atoms with E-state index in [1.807, 2.05) is 13.8 Å². The zero-order valence-electron chi connectivity index (χ0n) is 15.0. The molecule has 0 saturated heterocycles. The summed E-state index contributed by atoms with van der Waals surface area (Å²) in [5.41, 5.74) is -0.539. The molecule has 136 valence electrons. The Bertz CT molecular complexity index is 604. The predicted octanol–water partition coefficient (Wildman–Crippen LogP) is 3.02. The Morgan fingerprint density at radius 2 is 1.08 bits per heavy atom. The van der Waals surface area contributed by atoms with E-state index in [1.165, 1.54) is 0 Å². The average molecular weight is 346 g/mol. The molecule has 0 aromatic rings. The zero-order valence-corrected chi connectivity index (χ0v) is 15.0. The number of Topliss-reactive ketones (excluding diaryl/α,β-unsaturated/α-hetero) is 4. The molecule has 6 heteroatoms. The maximum absolute atomic E-state index is 12.5. The van der Waals surface area contributed by atoms with Crippen LogP contribution in [0.5, 0.6) is 0 Å². The fourth-order valence-corrected chi connectivity index (χ4v) is 4.60. The Hall–Kier alpha value is -1.72. The largest absolute Gasteiger partial charge is 0.297 e. The maximum atomic E-state index is 12.5. The lowest BCUT2D eigenvalue weighted by Crippen LogP contribution is -2.44. The van der Waals surface area contributed by atoms with Gasteiger partial charge in [0.05, 0.1) is 0 Å². The molecule has 0 aromatic carbocycles. The minimum absolute atomic E-state index is 0.182. The molecule has 0 radical (unpaired) electrons. The third-order valence-corrected chi connectivity index (χ3v) is 5.84. The van der Waals surface area contributed by atoms with Crippen molar-refractivity contribution in [2.24, 2.45) is 21.1 Å². The van der Waals surface area contributed by atoms with Crippen LogP contribution in [0.25, 0.3) is 0 Å². The number of ketones is 4.